The molecule has 2 atom stereocenters. The molecule has 7 heteroatoms. The van der Waals surface area contributed by atoms with Crippen molar-refractivity contribution in [3.05, 3.63) is 0 Å². The van der Waals surface area contributed by atoms with E-state index in [1.54, 1.807) is 0 Å². The Morgan fingerprint density at radius 2 is 2.00 bits per heavy atom. The van der Waals surface area contributed by atoms with Crippen molar-refractivity contribution in [3.8, 4) is 0 Å². The highest BCUT2D eigenvalue weighted by Crippen LogP contribution is 2.19. The van der Waals surface area contributed by atoms with E-state index in [0.717, 1.165) is 0 Å². The molecule has 0 heterocycles. The maximum absolute atomic E-state index is 11.8. The normalized spacial score (nSPS) is 16.4. The van der Waals surface area contributed by atoms with Crippen molar-refractivity contribution in [2.45, 2.75) is 24.7 Å². The van der Waals surface area contributed by atoms with E-state index in [1.807, 2.05) is 0 Å². The van der Waals surface area contributed by atoms with Gasteiger partial charge < -0.3 is 20.3 Å². The first-order valence-electron chi connectivity index (χ1n) is 4.44. The van der Waals surface area contributed by atoms with Crippen molar-refractivity contribution >= 4 is 0 Å². The van der Waals surface area contributed by atoms with Gasteiger partial charge in [-0.2, -0.15) is 13.2 Å². The highest BCUT2D eigenvalue weighted by Gasteiger charge is 2.28. The Labute approximate surface area is 86.2 Å². The monoisotopic (exact) mass is 231 g/mol. The van der Waals surface area contributed by atoms with Crippen molar-refractivity contribution in [2.75, 3.05) is 26.9 Å². The van der Waals surface area contributed by atoms with Gasteiger partial charge in [0, 0.05) is 7.11 Å². The van der Waals surface area contributed by atoms with E-state index in [2.05, 4.69) is 0 Å². The molecule has 0 rings (SSSR count). The number of aliphatic hydroxyl groups is 1. The summed E-state index contributed by atoms with van der Waals surface area (Å²) in [6.07, 6.45) is -6.14. The van der Waals surface area contributed by atoms with E-state index in [1.165, 1.54) is 7.11 Å². The first-order valence-corrected chi connectivity index (χ1v) is 4.44. The van der Waals surface area contributed by atoms with Crippen molar-refractivity contribution < 1.29 is 27.8 Å². The predicted octanol–water partition coefficient (Wildman–Crippen LogP) is 0.290. The number of nitrogens with two attached hydrogens (primary N) is 1. The predicted molar refractivity (Wildman–Crippen MR) is 47.3 cm³/mol. The van der Waals surface area contributed by atoms with E-state index < -0.39 is 38.0 Å². The molecule has 0 radical (unpaired) electrons. The summed E-state index contributed by atoms with van der Waals surface area (Å²) in [5.41, 5.74) is 5.50. The molecule has 0 fully saturated rings. The van der Waals surface area contributed by atoms with Crippen molar-refractivity contribution in [3.63, 3.8) is 0 Å². The largest absolute Gasteiger partial charge is 0.394 e. The average Bonchev–Trinajstić information content (AvgIpc) is 2.11. The highest BCUT2D eigenvalue weighted by molar-refractivity contribution is 4.72. The minimum atomic E-state index is -4.26. The molecule has 0 aromatic heterocycles. The van der Waals surface area contributed by atoms with Crippen molar-refractivity contribution in [1.82, 2.24) is 0 Å². The summed E-state index contributed by atoms with van der Waals surface area (Å²) in [5.74, 6) is 0. The van der Waals surface area contributed by atoms with E-state index in [0.29, 0.717) is 0 Å². The minimum Gasteiger partial charge on any atom is -0.394 e. The smallest absolute Gasteiger partial charge is 0.391 e. The molecule has 4 nitrogen and oxygen atoms in total. The summed E-state index contributed by atoms with van der Waals surface area (Å²) in [6, 6.07) is -0.631. The molecule has 92 valence electrons. The van der Waals surface area contributed by atoms with E-state index >= 15 is 0 Å². The standard InChI is InChI=1S/C8H16F3NO3/c1-14-5-6(12)7(4-13)15-3-2-8(9,10)11/h6-7,13H,2-5,12H2,1H3. The zero-order valence-corrected chi connectivity index (χ0v) is 8.46. The van der Waals surface area contributed by atoms with Crippen molar-refractivity contribution in [2.24, 2.45) is 5.73 Å². The van der Waals surface area contributed by atoms with Gasteiger partial charge in [-0.15, -0.1) is 0 Å². The highest BCUT2D eigenvalue weighted by atomic mass is 19.4. The Hall–Kier alpha value is -0.370. The molecule has 0 spiro atoms. The van der Waals surface area contributed by atoms with Gasteiger partial charge in [0.25, 0.3) is 0 Å². The molecular weight excluding hydrogens is 215 g/mol. The molecule has 3 N–H and O–H groups in total. The van der Waals surface area contributed by atoms with Crippen molar-refractivity contribution in [1.29, 1.82) is 0 Å². The van der Waals surface area contributed by atoms with Gasteiger partial charge in [0.05, 0.1) is 38.4 Å². The van der Waals surface area contributed by atoms with Crippen LogP contribution < -0.4 is 5.73 Å². The lowest BCUT2D eigenvalue weighted by Gasteiger charge is -2.21. The van der Waals surface area contributed by atoms with Crippen LogP contribution in [0.3, 0.4) is 0 Å². The van der Waals surface area contributed by atoms with Gasteiger partial charge >= 0.3 is 6.18 Å². The van der Waals surface area contributed by atoms with E-state index in [-0.39, 0.29) is 6.61 Å². The molecule has 0 aliphatic rings. The van der Waals surface area contributed by atoms with E-state index in [4.69, 9.17) is 20.3 Å². The molecule has 0 saturated carbocycles. The quantitative estimate of drug-likeness (QED) is 0.661. The van der Waals surface area contributed by atoms with Gasteiger partial charge in [-0.05, 0) is 0 Å². The van der Waals surface area contributed by atoms with Crippen LogP contribution in [0, 0.1) is 0 Å². The minimum absolute atomic E-state index is 0.122. The SMILES string of the molecule is COCC(N)C(CO)OCCC(F)(F)F. The fraction of sp³-hybridized carbons (Fsp3) is 1.00. The van der Waals surface area contributed by atoms with Crippen LogP contribution in [-0.2, 0) is 9.47 Å². The maximum Gasteiger partial charge on any atom is 0.391 e. The molecule has 0 aromatic carbocycles. The van der Waals surface area contributed by atoms with Crippen LogP contribution in [0.15, 0.2) is 0 Å². The summed E-state index contributed by atoms with van der Waals surface area (Å²) in [6.45, 7) is -0.814. The van der Waals surface area contributed by atoms with Gasteiger partial charge in [-0.1, -0.05) is 0 Å². The second-order valence-electron chi connectivity index (χ2n) is 3.08. The Balaban J connectivity index is 3.80. The summed E-state index contributed by atoms with van der Waals surface area (Å²) < 4.78 is 44.8. The Kier molecular flexibility index (Phi) is 6.82. The van der Waals surface area contributed by atoms with Gasteiger partial charge in [-0.3, -0.25) is 0 Å². The van der Waals surface area contributed by atoms with Crippen LogP contribution in [0.1, 0.15) is 6.42 Å². The van der Waals surface area contributed by atoms with Crippen LogP contribution in [0.5, 0.6) is 0 Å². The Morgan fingerprint density at radius 1 is 1.40 bits per heavy atom. The lowest BCUT2D eigenvalue weighted by Crippen LogP contribution is -2.43. The maximum atomic E-state index is 11.8. The summed E-state index contributed by atoms with van der Waals surface area (Å²) in [4.78, 5) is 0. The topological polar surface area (TPSA) is 64.7 Å². The number of alkyl halides is 3. The number of methoxy groups -OCH3 is 1. The fourth-order valence-electron chi connectivity index (χ4n) is 0.937. The third kappa shape index (κ3) is 7.55. The second-order valence-corrected chi connectivity index (χ2v) is 3.08. The number of hydrogen-bond acceptors (Lipinski definition) is 4. The van der Waals surface area contributed by atoms with Gasteiger partial charge in [0.2, 0.25) is 0 Å². The summed E-state index contributed by atoms with van der Waals surface area (Å²) in [7, 11) is 1.41. The molecule has 0 amide bonds. The number of ether oxygens (including phenoxy) is 2. The summed E-state index contributed by atoms with van der Waals surface area (Å²) >= 11 is 0. The Bertz CT molecular complexity index is 166. The fourth-order valence-corrected chi connectivity index (χ4v) is 0.937. The lowest BCUT2D eigenvalue weighted by atomic mass is 10.2. The third-order valence-electron chi connectivity index (χ3n) is 1.73. The molecule has 0 bridgehead atoms. The molecule has 0 saturated heterocycles. The molecule has 0 aliphatic heterocycles. The van der Waals surface area contributed by atoms with Gasteiger partial charge in [-0.25, -0.2) is 0 Å². The number of rotatable bonds is 7. The van der Waals surface area contributed by atoms with Gasteiger partial charge in [0.1, 0.15) is 0 Å². The first-order chi connectivity index (χ1) is 6.90. The van der Waals surface area contributed by atoms with Gasteiger partial charge in [0.15, 0.2) is 0 Å². The van der Waals surface area contributed by atoms with Crippen LogP contribution >= 0.6 is 0 Å². The molecule has 15 heavy (non-hydrogen) atoms. The molecule has 0 aliphatic carbocycles. The Morgan fingerprint density at radius 3 is 2.40 bits per heavy atom. The zero-order chi connectivity index (χ0) is 11.9. The third-order valence-corrected chi connectivity index (χ3v) is 1.73. The average molecular weight is 231 g/mol. The number of aliphatic hydroxyl groups excluding tert-OH is 1. The van der Waals surface area contributed by atoms with E-state index in [9.17, 15) is 13.2 Å². The summed E-state index contributed by atoms with van der Waals surface area (Å²) in [5, 5.41) is 8.81. The molecule has 0 aromatic rings. The molecular formula is C8H16F3NO3. The lowest BCUT2D eigenvalue weighted by molar-refractivity contribution is -0.152. The zero-order valence-electron chi connectivity index (χ0n) is 8.46. The van der Waals surface area contributed by atoms with Crippen LogP contribution in [0.2, 0.25) is 0 Å². The van der Waals surface area contributed by atoms with Crippen LogP contribution in [0.4, 0.5) is 13.2 Å². The first kappa shape index (κ1) is 14.6. The van der Waals surface area contributed by atoms with Crippen LogP contribution in [-0.4, -0.2) is 50.4 Å². The molecule has 2 unspecified atom stereocenters. The number of hydrogen-bond donors (Lipinski definition) is 2. The number of halogens is 3. The van der Waals surface area contributed by atoms with Crippen LogP contribution in [0.25, 0.3) is 0 Å². The second kappa shape index (κ2) is 7.00.